The van der Waals surface area contributed by atoms with Crippen molar-refractivity contribution in [3.63, 3.8) is 0 Å². The second-order valence-electron chi connectivity index (χ2n) is 15.4. The van der Waals surface area contributed by atoms with Crippen molar-refractivity contribution in [2.24, 2.45) is 0 Å². The zero-order valence-electron chi connectivity index (χ0n) is 30.6. The summed E-state index contributed by atoms with van der Waals surface area (Å²) in [7, 11) is 0.665. The lowest BCUT2D eigenvalue weighted by atomic mass is 10.1. The smallest absolute Gasteiger partial charge is 0.0326 e. The Morgan fingerprint density at radius 3 is 0.318 bits per heavy atom. The summed E-state index contributed by atoms with van der Waals surface area (Å²) in [6, 6.07) is 0. The predicted octanol–water partition coefficient (Wildman–Crippen LogP) is 16.0. The van der Waals surface area contributed by atoms with E-state index in [1.54, 1.807) is 75.5 Å². The Hall–Kier alpha value is 0.860. The Morgan fingerprint density at radius 1 is 0.114 bits per heavy atom. The van der Waals surface area contributed by atoms with E-state index in [1.807, 2.05) is 0 Å². The quantitative estimate of drug-likeness (QED) is 0.229. The Bertz CT molecular complexity index is 424. The Balaban J connectivity index is 1.84. The van der Waals surface area contributed by atoms with Gasteiger partial charge in [-0.1, -0.05) is 193 Å². The van der Waals surface area contributed by atoms with Gasteiger partial charge < -0.3 is 0 Å². The third kappa shape index (κ3) is 27.9. The molecule has 0 aliphatic carbocycles. The average molecular weight is 651 g/mol. The van der Waals surface area contributed by atoms with Gasteiger partial charge in [-0.15, -0.1) is 15.8 Å². The Labute approximate surface area is 283 Å². The van der Waals surface area contributed by atoms with Crippen LogP contribution in [0.2, 0.25) is 0 Å². The number of fused-ring (bicyclic) bond motifs is 39. The zero-order chi connectivity index (χ0) is 30.9. The summed E-state index contributed by atoms with van der Waals surface area (Å²) in [4.78, 5) is 0. The molecule has 0 amide bonds. The molecule has 2 heteroatoms. The zero-order valence-corrected chi connectivity index (χ0v) is 32.4. The molecule has 0 atom stereocenters. The van der Waals surface area contributed by atoms with Crippen molar-refractivity contribution >= 4 is 15.8 Å². The first-order valence-electron chi connectivity index (χ1n) is 21.4. The van der Waals surface area contributed by atoms with Gasteiger partial charge in [0.2, 0.25) is 0 Å². The summed E-state index contributed by atoms with van der Waals surface area (Å²) in [6.07, 6.45) is 64.5. The van der Waals surface area contributed by atoms with Gasteiger partial charge in [0.05, 0.1) is 0 Å². The average Bonchev–Trinajstić information content (AvgIpc) is 3.03. The lowest BCUT2D eigenvalue weighted by Gasteiger charge is -2.18. The highest BCUT2D eigenvalue weighted by Crippen LogP contribution is 2.40. The first kappa shape index (κ1) is 41.0. The highest BCUT2D eigenvalue weighted by atomic mass is 31.1. The molecule has 0 saturated carbocycles. The Kier molecular flexibility index (Phi) is 31.5. The van der Waals surface area contributed by atoms with E-state index in [0.717, 1.165) is 0 Å². The van der Waals surface area contributed by atoms with Crippen LogP contribution in [0.3, 0.4) is 0 Å². The molecular weight excluding hydrogens is 566 g/mol. The van der Waals surface area contributed by atoms with Crippen LogP contribution in [0.15, 0.2) is 0 Å². The largest absolute Gasteiger partial charge is 0.107 e. The van der Waals surface area contributed by atoms with Gasteiger partial charge >= 0.3 is 0 Å². The van der Waals surface area contributed by atoms with Crippen molar-refractivity contribution in [2.45, 2.75) is 231 Å². The van der Waals surface area contributed by atoms with Crippen LogP contribution >= 0.6 is 15.8 Å². The molecule has 3 heterocycles. The van der Waals surface area contributed by atoms with E-state index >= 15 is 0 Å². The second-order valence-corrected chi connectivity index (χ2v) is 20.8. The predicted molar refractivity (Wildman–Crippen MR) is 209 cm³/mol. The van der Waals surface area contributed by atoms with Crippen molar-refractivity contribution in [1.82, 2.24) is 0 Å². The van der Waals surface area contributed by atoms with Gasteiger partial charge in [-0.2, -0.15) is 0 Å². The monoisotopic (exact) mass is 651 g/mol. The number of hydrogen-bond acceptors (Lipinski definition) is 0. The van der Waals surface area contributed by atoms with Crippen molar-refractivity contribution in [1.29, 1.82) is 0 Å². The van der Waals surface area contributed by atoms with Gasteiger partial charge in [0, 0.05) is 0 Å². The summed E-state index contributed by atoms with van der Waals surface area (Å²) in [5.74, 6) is 0. The summed E-state index contributed by atoms with van der Waals surface area (Å²) >= 11 is 0. The van der Waals surface area contributed by atoms with Crippen molar-refractivity contribution < 1.29 is 0 Å². The van der Waals surface area contributed by atoms with Crippen LogP contribution in [0, 0.1) is 0 Å². The molecule has 262 valence electrons. The van der Waals surface area contributed by atoms with Crippen LogP contribution in [0.5, 0.6) is 0 Å². The fourth-order valence-corrected chi connectivity index (χ4v) is 13.4. The van der Waals surface area contributed by atoms with E-state index in [4.69, 9.17) is 0 Å². The Morgan fingerprint density at radius 2 is 0.205 bits per heavy atom. The first-order valence-corrected chi connectivity index (χ1v) is 25.2. The molecule has 3 rings (SSSR count). The molecule has 0 aromatic heterocycles. The molecule has 0 unspecified atom stereocenters. The molecule has 3 saturated heterocycles. The van der Waals surface area contributed by atoms with Gasteiger partial charge in [0.15, 0.2) is 0 Å². The van der Waals surface area contributed by atoms with Crippen molar-refractivity contribution in [3.05, 3.63) is 0 Å². The van der Waals surface area contributed by atoms with Gasteiger partial charge in [-0.25, -0.2) is 0 Å². The molecule has 3 aliphatic rings. The van der Waals surface area contributed by atoms with Gasteiger partial charge in [-0.05, 0) is 75.5 Å². The van der Waals surface area contributed by atoms with Gasteiger partial charge in [-0.3, -0.25) is 0 Å². The molecule has 0 radical (unpaired) electrons. The SMILES string of the molecule is C1CCCCCCCP2CCCCCCCCCCCCCCP(CCCCCC1)CCCCCCCCCCCCCC2. The fraction of sp³-hybridized carbons (Fsp3) is 1.00. The van der Waals surface area contributed by atoms with Crippen LogP contribution in [0.25, 0.3) is 0 Å². The molecule has 0 spiro atoms. The second kappa shape index (κ2) is 33.7. The minimum atomic E-state index is 0.332. The molecule has 0 nitrogen and oxygen atoms in total. The summed E-state index contributed by atoms with van der Waals surface area (Å²) in [5, 5.41) is 0. The molecule has 2 bridgehead atoms. The fourth-order valence-electron chi connectivity index (χ4n) is 7.99. The van der Waals surface area contributed by atoms with Gasteiger partial charge in [0.1, 0.15) is 0 Å². The molecule has 44 heavy (non-hydrogen) atoms. The van der Waals surface area contributed by atoms with Crippen molar-refractivity contribution in [3.8, 4) is 0 Å². The van der Waals surface area contributed by atoms with Crippen LogP contribution in [0.4, 0.5) is 0 Å². The highest BCUT2D eigenvalue weighted by molar-refractivity contribution is 7.57. The van der Waals surface area contributed by atoms with Crippen LogP contribution < -0.4 is 0 Å². The third-order valence-corrected chi connectivity index (χ3v) is 16.8. The molecule has 0 aromatic rings. The lowest BCUT2D eigenvalue weighted by molar-refractivity contribution is 0.545. The summed E-state index contributed by atoms with van der Waals surface area (Å²) in [6.45, 7) is 0. The molecule has 0 N–H and O–H groups in total. The van der Waals surface area contributed by atoms with Crippen LogP contribution in [-0.4, -0.2) is 37.0 Å². The topological polar surface area (TPSA) is 0 Å². The van der Waals surface area contributed by atoms with Gasteiger partial charge in [0.25, 0.3) is 0 Å². The first-order chi connectivity index (χ1) is 21.9. The maximum absolute atomic E-state index is 1.61. The van der Waals surface area contributed by atoms with Crippen molar-refractivity contribution in [2.75, 3.05) is 37.0 Å². The molecule has 3 fully saturated rings. The summed E-state index contributed by atoms with van der Waals surface area (Å²) in [5.41, 5.74) is 0. The molecular formula is C42H84P2. The minimum Gasteiger partial charge on any atom is -0.107 e. The van der Waals surface area contributed by atoms with E-state index < -0.39 is 0 Å². The minimum absolute atomic E-state index is 0.332. The molecule has 0 aromatic carbocycles. The normalized spacial score (nSPS) is 27.8. The molecule has 3 aliphatic heterocycles. The number of hydrogen-bond donors (Lipinski definition) is 0. The van der Waals surface area contributed by atoms with E-state index in [0.29, 0.717) is 15.8 Å². The summed E-state index contributed by atoms with van der Waals surface area (Å²) < 4.78 is 0. The van der Waals surface area contributed by atoms with E-state index in [1.165, 1.54) is 193 Å². The van der Waals surface area contributed by atoms with E-state index in [2.05, 4.69) is 0 Å². The third-order valence-electron chi connectivity index (χ3n) is 11.1. The van der Waals surface area contributed by atoms with E-state index in [-0.39, 0.29) is 0 Å². The standard InChI is InChI=1S/C42H84P2/c1-2-8-14-20-26-32-38-44-41-35-29-23-17-11-5-3-9-15-21-27-33-39-43(37-31-25-19-13-7-1)40-34-28-22-16-10-4-6-12-18-24-30-36-42-44/h1-42H2. The maximum Gasteiger partial charge on any atom is -0.0326 e. The van der Waals surface area contributed by atoms with Crippen LogP contribution in [-0.2, 0) is 0 Å². The van der Waals surface area contributed by atoms with Crippen LogP contribution in [0.1, 0.15) is 231 Å². The number of rotatable bonds is 0. The highest BCUT2D eigenvalue weighted by Gasteiger charge is 2.10. The van der Waals surface area contributed by atoms with E-state index in [9.17, 15) is 0 Å². The maximum atomic E-state index is 1.61. The lowest BCUT2D eigenvalue weighted by Crippen LogP contribution is -1.98.